The Morgan fingerprint density at radius 1 is 1.56 bits per heavy atom. The highest BCUT2D eigenvalue weighted by atomic mass is 16.3. The van der Waals surface area contributed by atoms with E-state index in [-0.39, 0.29) is 23.8 Å². The summed E-state index contributed by atoms with van der Waals surface area (Å²) in [7, 11) is 0. The Balaban J connectivity index is 2.60. The molecule has 2 atom stereocenters. The zero-order valence-corrected chi connectivity index (χ0v) is 10.6. The summed E-state index contributed by atoms with van der Waals surface area (Å²) in [5, 5.41) is 9.12. The molecule has 0 aromatic carbocycles. The highest BCUT2D eigenvalue weighted by Crippen LogP contribution is 2.22. The van der Waals surface area contributed by atoms with E-state index in [0.717, 1.165) is 19.4 Å². The van der Waals surface area contributed by atoms with E-state index < -0.39 is 6.04 Å². The van der Waals surface area contributed by atoms with Gasteiger partial charge in [-0.1, -0.05) is 20.8 Å². The van der Waals surface area contributed by atoms with Crippen LogP contribution >= 0.6 is 0 Å². The number of nitrogens with two attached hydrogens (primary N) is 1. The molecule has 1 amide bonds. The number of hydrogen-bond acceptors (Lipinski definition) is 3. The average molecular weight is 228 g/mol. The number of piperidine rings is 1. The first-order chi connectivity index (χ1) is 7.36. The second kappa shape index (κ2) is 5.15. The van der Waals surface area contributed by atoms with Crippen LogP contribution in [0.2, 0.25) is 0 Å². The van der Waals surface area contributed by atoms with Gasteiger partial charge in [0.2, 0.25) is 5.91 Å². The number of nitrogens with zero attached hydrogens (tertiary/aromatic N) is 1. The summed E-state index contributed by atoms with van der Waals surface area (Å²) in [5.74, 6) is 0.246. The van der Waals surface area contributed by atoms with Crippen molar-refractivity contribution in [1.82, 2.24) is 4.90 Å². The van der Waals surface area contributed by atoms with Gasteiger partial charge in [-0.3, -0.25) is 4.79 Å². The van der Waals surface area contributed by atoms with E-state index in [9.17, 15) is 4.79 Å². The summed E-state index contributed by atoms with van der Waals surface area (Å²) < 4.78 is 0. The molecular formula is C12H24N2O2. The molecular weight excluding hydrogens is 204 g/mol. The molecule has 4 nitrogen and oxygen atoms in total. The van der Waals surface area contributed by atoms with Gasteiger partial charge in [-0.15, -0.1) is 0 Å². The average Bonchev–Trinajstić information content (AvgIpc) is 2.26. The zero-order valence-electron chi connectivity index (χ0n) is 10.6. The van der Waals surface area contributed by atoms with Gasteiger partial charge < -0.3 is 15.7 Å². The van der Waals surface area contributed by atoms with Gasteiger partial charge in [0.05, 0.1) is 6.04 Å². The molecule has 94 valence electrons. The van der Waals surface area contributed by atoms with Crippen molar-refractivity contribution in [3.63, 3.8) is 0 Å². The molecule has 3 N–H and O–H groups in total. The van der Waals surface area contributed by atoms with Crippen molar-refractivity contribution in [2.75, 3.05) is 19.7 Å². The van der Waals surface area contributed by atoms with Crippen molar-refractivity contribution >= 4 is 5.91 Å². The van der Waals surface area contributed by atoms with E-state index in [4.69, 9.17) is 10.8 Å². The molecule has 0 spiro atoms. The van der Waals surface area contributed by atoms with Gasteiger partial charge in [-0.05, 0) is 24.2 Å². The first kappa shape index (κ1) is 13.5. The standard InChI is InChI=1S/C12H24N2O2/c1-12(2,3)10(13)11(16)14-6-4-5-9(7-14)8-15/h9-10,15H,4-8,13H2,1-3H3. The number of rotatable bonds is 2. The Morgan fingerprint density at radius 3 is 2.69 bits per heavy atom. The second-order valence-electron chi connectivity index (χ2n) is 5.82. The SMILES string of the molecule is CC(C)(C)C(N)C(=O)N1CCCC(CO)C1. The minimum atomic E-state index is -0.454. The van der Waals surface area contributed by atoms with Crippen LogP contribution in [0.4, 0.5) is 0 Å². The molecule has 1 saturated heterocycles. The normalized spacial score (nSPS) is 24.3. The second-order valence-corrected chi connectivity index (χ2v) is 5.82. The van der Waals surface area contributed by atoms with Crippen LogP contribution in [0.5, 0.6) is 0 Å². The summed E-state index contributed by atoms with van der Waals surface area (Å²) in [5.41, 5.74) is 5.75. The fraction of sp³-hybridized carbons (Fsp3) is 0.917. The van der Waals surface area contributed by atoms with E-state index in [1.807, 2.05) is 20.8 Å². The number of carbonyl (C=O) groups is 1. The van der Waals surface area contributed by atoms with Crippen molar-refractivity contribution < 1.29 is 9.90 Å². The maximum Gasteiger partial charge on any atom is 0.240 e. The van der Waals surface area contributed by atoms with Gasteiger partial charge in [0.15, 0.2) is 0 Å². The third kappa shape index (κ3) is 3.19. The summed E-state index contributed by atoms with van der Waals surface area (Å²) in [6, 6.07) is -0.454. The molecule has 0 bridgehead atoms. The molecule has 0 aromatic heterocycles. The smallest absolute Gasteiger partial charge is 0.240 e. The Bertz CT molecular complexity index is 248. The van der Waals surface area contributed by atoms with Crippen LogP contribution < -0.4 is 5.73 Å². The lowest BCUT2D eigenvalue weighted by Crippen LogP contribution is -2.53. The Labute approximate surface area is 97.8 Å². The van der Waals surface area contributed by atoms with Crippen LogP contribution in [-0.2, 0) is 4.79 Å². The van der Waals surface area contributed by atoms with Crippen molar-refractivity contribution in [3.05, 3.63) is 0 Å². The minimum absolute atomic E-state index is 0.0191. The number of carbonyl (C=O) groups excluding carboxylic acids is 1. The van der Waals surface area contributed by atoms with E-state index in [0.29, 0.717) is 6.54 Å². The van der Waals surface area contributed by atoms with Gasteiger partial charge in [0.25, 0.3) is 0 Å². The molecule has 0 radical (unpaired) electrons. The van der Waals surface area contributed by atoms with Crippen molar-refractivity contribution in [1.29, 1.82) is 0 Å². The molecule has 0 aliphatic carbocycles. The number of hydrogen-bond donors (Lipinski definition) is 2. The van der Waals surface area contributed by atoms with Crippen LogP contribution in [0, 0.1) is 11.3 Å². The van der Waals surface area contributed by atoms with E-state index in [2.05, 4.69) is 0 Å². The lowest BCUT2D eigenvalue weighted by Gasteiger charge is -2.36. The molecule has 1 heterocycles. The van der Waals surface area contributed by atoms with Gasteiger partial charge in [0, 0.05) is 19.7 Å². The third-order valence-electron chi connectivity index (χ3n) is 3.29. The molecule has 4 heteroatoms. The summed E-state index contributed by atoms with van der Waals surface area (Å²) >= 11 is 0. The van der Waals surface area contributed by atoms with Gasteiger partial charge >= 0.3 is 0 Å². The predicted octanol–water partition coefficient (Wildman–Crippen LogP) is 0.591. The van der Waals surface area contributed by atoms with Crippen LogP contribution in [0.25, 0.3) is 0 Å². The van der Waals surface area contributed by atoms with E-state index >= 15 is 0 Å². The van der Waals surface area contributed by atoms with Gasteiger partial charge in [-0.2, -0.15) is 0 Å². The number of likely N-dealkylation sites (tertiary alicyclic amines) is 1. The van der Waals surface area contributed by atoms with E-state index in [1.165, 1.54) is 0 Å². The summed E-state index contributed by atoms with van der Waals surface area (Å²) in [6.07, 6.45) is 1.97. The zero-order chi connectivity index (χ0) is 12.3. The summed E-state index contributed by atoms with van der Waals surface area (Å²) in [4.78, 5) is 13.9. The fourth-order valence-electron chi connectivity index (χ4n) is 1.98. The third-order valence-corrected chi connectivity index (χ3v) is 3.29. The van der Waals surface area contributed by atoms with Crippen LogP contribution in [0.15, 0.2) is 0 Å². The molecule has 2 unspecified atom stereocenters. The van der Waals surface area contributed by atoms with Crippen LogP contribution in [0.3, 0.4) is 0 Å². The highest BCUT2D eigenvalue weighted by molar-refractivity contribution is 5.82. The summed E-state index contributed by atoms with van der Waals surface area (Å²) in [6.45, 7) is 7.52. The molecule has 1 aliphatic heterocycles. The predicted molar refractivity (Wildman–Crippen MR) is 63.8 cm³/mol. The number of amides is 1. The Kier molecular flexibility index (Phi) is 4.33. The van der Waals surface area contributed by atoms with E-state index in [1.54, 1.807) is 4.90 Å². The molecule has 1 rings (SSSR count). The first-order valence-corrected chi connectivity index (χ1v) is 6.01. The topological polar surface area (TPSA) is 66.6 Å². The lowest BCUT2D eigenvalue weighted by molar-refractivity contribution is -0.137. The number of aliphatic hydroxyl groups is 1. The lowest BCUT2D eigenvalue weighted by atomic mass is 9.86. The van der Waals surface area contributed by atoms with Crippen molar-refractivity contribution in [2.24, 2.45) is 17.1 Å². The van der Waals surface area contributed by atoms with Crippen LogP contribution in [0.1, 0.15) is 33.6 Å². The quantitative estimate of drug-likeness (QED) is 0.727. The fourth-order valence-corrected chi connectivity index (χ4v) is 1.98. The van der Waals surface area contributed by atoms with Gasteiger partial charge in [0.1, 0.15) is 0 Å². The molecule has 0 aromatic rings. The Morgan fingerprint density at radius 2 is 2.19 bits per heavy atom. The molecule has 0 saturated carbocycles. The molecule has 1 aliphatic rings. The number of aliphatic hydroxyl groups excluding tert-OH is 1. The monoisotopic (exact) mass is 228 g/mol. The first-order valence-electron chi connectivity index (χ1n) is 6.01. The maximum absolute atomic E-state index is 12.1. The Hall–Kier alpha value is -0.610. The molecule has 16 heavy (non-hydrogen) atoms. The van der Waals surface area contributed by atoms with Crippen molar-refractivity contribution in [2.45, 2.75) is 39.7 Å². The maximum atomic E-state index is 12.1. The largest absolute Gasteiger partial charge is 0.396 e. The minimum Gasteiger partial charge on any atom is -0.396 e. The van der Waals surface area contributed by atoms with Gasteiger partial charge in [-0.25, -0.2) is 0 Å². The van der Waals surface area contributed by atoms with Crippen LogP contribution in [-0.4, -0.2) is 41.7 Å². The molecule has 1 fully saturated rings. The van der Waals surface area contributed by atoms with Crippen molar-refractivity contribution in [3.8, 4) is 0 Å². The highest BCUT2D eigenvalue weighted by Gasteiger charge is 2.33.